The molecule has 0 unspecified atom stereocenters. The maximum atomic E-state index is 12.5. The molecule has 1 aromatic rings. The molecular weight excluding hydrogens is 244 g/mol. The number of aromatic hydroxyl groups is 1. The largest absolute Gasteiger partial charge is 0.505 e. The zero-order valence-electron chi connectivity index (χ0n) is 8.21. The Morgan fingerprint density at radius 1 is 1.69 bits per heavy atom. The van der Waals surface area contributed by atoms with Crippen LogP contribution in [0.25, 0.3) is 0 Å². The fraction of sp³-hybridized carbons (Fsp3) is 0.333. The minimum absolute atomic E-state index is 0.0295. The molecule has 1 N–H and O–H groups in total. The van der Waals surface area contributed by atoms with Crippen LogP contribution in [-0.4, -0.2) is 22.7 Å². The molecule has 0 amide bonds. The van der Waals surface area contributed by atoms with Crippen molar-refractivity contribution in [1.29, 1.82) is 0 Å². The lowest BCUT2D eigenvalue weighted by Gasteiger charge is -2.08. The van der Waals surface area contributed by atoms with Gasteiger partial charge in [-0.25, -0.2) is 18.6 Å². The lowest BCUT2D eigenvalue weighted by Crippen LogP contribution is -2.11. The molecule has 0 saturated heterocycles. The van der Waals surface area contributed by atoms with Gasteiger partial charge in [-0.2, -0.15) is 0 Å². The first-order valence-corrected chi connectivity index (χ1v) is 4.69. The molecule has 0 aliphatic carbocycles. The van der Waals surface area contributed by atoms with E-state index in [-0.39, 0.29) is 6.61 Å². The standard InChI is InChI=1S/C9H8ClF2NO3/c1-2-16-9(15)6-4(8(11)12)3-5(14)7(10)13-6/h3,8,14H,2H2,1H3. The van der Waals surface area contributed by atoms with E-state index in [1.807, 2.05) is 0 Å². The monoisotopic (exact) mass is 251 g/mol. The van der Waals surface area contributed by atoms with Gasteiger partial charge >= 0.3 is 5.97 Å². The minimum atomic E-state index is -2.95. The Morgan fingerprint density at radius 3 is 2.81 bits per heavy atom. The summed E-state index contributed by atoms with van der Waals surface area (Å²) >= 11 is 5.42. The second-order valence-corrected chi connectivity index (χ2v) is 3.12. The van der Waals surface area contributed by atoms with Gasteiger partial charge < -0.3 is 9.84 Å². The second kappa shape index (κ2) is 5.07. The maximum absolute atomic E-state index is 12.5. The average Bonchev–Trinajstić information content (AvgIpc) is 2.21. The third-order valence-electron chi connectivity index (χ3n) is 1.69. The normalized spacial score (nSPS) is 10.6. The first-order valence-electron chi connectivity index (χ1n) is 4.32. The van der Waals surface area contributed by atoms with Crippen LogP contribution in [-0.2, 0) is 4.74 Å². The summed E-state index contributed by atoms with van der Waals surface area (Å²) in [4.78, 5) is 14.6. The van der Waals surface area contributed by atoms with E-state index in [1.54, 1.807) is 0 Å². The molecule has 0 atom stereocenters. The highest BCUT2D eigenvalue weighted by Crippen LogP contribution is 2.30. The van der Waals surface area contributed by atoms with E-state index in [0.29, 0.717) is 6.07 Å². The SMILES string of the molecule is CCOC(=O)c1nc(Cl)c(O)cc1C(F)F. The van der Waals surface area contributed by atoms with Gasteiger partial charge in [-0.05, 0) is 13.0 Å². The molecular formula is C9H8ClF2NO3. The second-order valence-electron chi connectivity index (χ2n) is 2.76. The summed E-state index contributed by atoms with van der Waals surface area (Å²) in [5.74, 6) is -1.61. The number of alkyl halides is 2. The van der Waals surface area contributed by atoms with Crippen molar-refractivity contribution < 1.29 is 23.4 Å². The molecule has 0 aromatic carbocycles. The van der Waals surface area contributed by atoms with Gasteiger partial charge in [0, 0.05) is 0 Å². The summed E-state index contributed by atoms with van der Waals surface area (Å²) in [7, 11) is 0. The fourth-order valence-corrected chi connectivity index (χ4v) is 1.16. The van der Waals surface area contributed by atoms with E-state index < -0.39 is 34.6 Å². The molecule has 0 bridgehead atoms. The lowest BCUT2D eigenvalue weighted by atomic mass is 10.2. The summed E-state index contributed by atoms with van der Waals surface area (Å²) < 4.78 is 29.6. The van der Waals surface area contributed by atoms with E-state index in [4.69, 9.17) is 16.7 Å². The third-order valence-corrected chi connectivity index (χ3v) is 1.97. The van der Waals surface area contributed by atoms with Crippen molar-refractivity contribution in [3.8, 4) is 5.75 Å². The van der Waals surface area contributed by atoms with E-state index in [1.165, 1.54) is 6.92 Å². The minimum Gasteiger partial charge on any atom is -0.505 e. The first kappa shape index (κ1) is 12.6. The van der Waals surface area contributed by atoms with Crippen LogP contribution >= 0.6 is 11.6 Å². The highest BCUT2D eigenvalue weighted by atomic mass is 35.5. The molecule has 7 heteroatoms. The molecule has 0 radical (unpaired) electrons. The van der Waals surface area contributed by atoms with Crippen molar-refractivity contribution >= 4 is 17.6 Å². The van der Waals surface area contributed by atoms with Crippen molar-refractivity contribution in [2.24, 2.45) is 0 Å². The number of esters is 1. The highest BCUT2D eigenvalue weighted by Gasteiger charge is 2.23. The fourth-order valence-electron chi connectivity index (χ4n) is 1.02. The Labute approximate surface area is 94.8 Å². The number of halogens is 3. The number of hydrogen-bond acceptors (Lipinski definition) is 4. The van der Waals surface area contributed by atoms with Crippen LogP contribution < -0.4 is 0 Å². The third kappa shape index (κ3) is 2.57. The highest BCUT2D eigenvalue weighted by molar-refractivity contribution is 6.31. The zero-order chi connectivity index (χ0) is 12.3. The summed E-state index contributed by atoms with van der Waals surface area (Å²) in [5, 5.41) is 8.68. The summed E-state index contributed by atoms with van der Waals surface area (Å²) in [6, 6.07) is 0.701. The molecule has 0 spiro atoms. The van der Waals surface area contributed by atoms with Crippen LogP contribution in [0, 0.1) is 0 Å². The number of pyridine rings is 1. The van der Waals surface area contributed by atoms with Crippen molar-refractivity contribution in [3.05, 3.63) is 22.5 Å². The Morgan fingerprint density at radius 2 is 2.31 bits per heavy atom. The number of carbonyl (C=O) groups excluding carboxylic acids is 1. The number of carbonyl (C=O) groups is 1. The van der Waals surface area contributed by atoms with E-state index in [0.717, 1.165) is 0 Å². The number of hydrogen-bond donors (Lipinski definition) is 1. The van der Waals surface area contributed by atoms with Crippen molar-refractivity contribution in [2.75, 3.05) is 6.61 Å². The average molecular weight is 252 g/mol. The first-order chi connectivity index (χ1) is 7.47. The van der Waals surface area contributed by atoms with Crippen molar-refractivity contribution in [2.45, 2.75) is 13.3 Å². The molecule has 1 rings (SSSR count). The van der Waals surface area contributed by atoms with Crippen LogP contribution in [0.3, 0.4) is 0 Å². The van der Waals surface area contributed by atoms with Crippen LogP contribution in [0.15, 0.2) is 6.07 Å². The van der Waals surface area contributed by atoms with Gasteiger partial charge in [0.2, 0.25) is 0 Å². The maximum Gasteiger partial charge on any atom is 0.357 e. The van der Waals surface area contributed by atoms with Crippen LogP contribution in [0.4, 0.5) is 8.78 Å². The summed E-state index contributed by atoms with van der Waals surface area (Å²) in [6.45, 7) is 1.56. The smallest absolute Gasteiger partial charge is 0.357 e. The predicted molar refractivity (Wildman–Crippen MR) is 51.8 cm³/mol. The molecule has 0 aliphatic heterocycles. The molecule has 1 heterocycles. The van der Waals surface area contributed by atoms with Crippen molar-refractivity contribution in [1.82, 2.24) is 4.98 Å². The molecule has 0 aliphatic rings. The predicted octanol–water partition coefficient (Wildman–Crippen LogP) is 2.55. The van der Waals surface area contributed by atoms with E-state index in [9.17, 15) is 13.6 Å². The summed E-state index contributed by atoms with van der Waals surface area (Å²) in [5.41, 5.74) is -1.29. The molecule has 16 heavy (non-hydrogen) atoms. The van der Waals surface area contributed by atoms with Gasteiger partial charge in [0.15, 0.2) is 16.6 Å². The van der Waals surface area contributed by atoms with Gasteiger partial charge in [-0.15, -0.1) is 0 Å². The number of nitrogens with zero attached hydrogens (tertiary/aromatic N) is 1. The Kier molecular flexibility index (Phi) is 4.00. The molecule has 1 aromatic heterocycles. The molecule has 4 nitrogen and oxygen atoms in total. The molecule has 0 fully saturated rings. The van der Waals surface area contributed by atoms with Crippen molar-refractivity contribution in [3.63, 3.8) is 0 Å². The number of aromatic nitrogens is 1. The van der Waals surface area contributed by atoms with Crippen LogP contribution in [0.1, 0.15) is 29.4 Å². The Balaban J connectivity index is 3.24. The Bertz CT molecular complexity index is 412. The quantitative estimate of drug-likeness (QED) is 0.662. The number of rotatable bonds is 3. The Hall–Kier alpha value is -1.43. The zero-order valence-corrected chi connectivity index (χ0v) is 8.96. The van der Waals surface area contributed by atoms with Crippen LogP contribution in [0.2, 0.25) is 5.15 Å². The van der Waals surface area contributed by atoms with Gasteiger partial charge in [0.25, 0.3) is 6.43 Å². The van der Waals surface area contributed by atoms with Gasteiger partial charge in [-0.3, -0.25) is 0 Å². The van der Waals surface area contributed by atoms with Gasteiger partial charge in [0.05, 0.1) is 12.2 Å². The van der Waals surface area contributed by atoms with E-state index in [2.05, 4.69) is 9.72 Å². The van der Waals surface area contributed by atoms with E-state index >= 15 is 0 Å². The molecule has 0 saturated carbocycles. The molecule has 88 valence electrons. The van der Waals surface area contributed by atoms with Gasteiger partial charge in [0.1, 0.15) is 0 Å². The lowest BCUT2D eigenvalue weighted by molar-refractivity contribution is 0.0507. The topological polar surface area (TPSA) is 59.4 Å². The van der Waals surface area contributed by atoms with Gasteiger partial charge in [-0.1, -0.05) is 11.6 Å². The van der Waals surface area contributed by atoms with Crippen LogP contribution in [0.5, 0.6) is 5.75 Å². The number of ether oxygens (including phenoxy) is 1. The summed E-state index contributed by atoms with van der Waals surface area (Å²) in [6.07, 6.45) is -2.95.